The maximum atomic E-state index is 13.5. The molecule has 1 aromatic rings. The van der Waals surface area contributed by atoms with Crippen LogP contribution in [0.4, 0.5) is 8.78 Å². The molecule has 0 radical (unpaired) electrons. The van der Waals surface area contributed by atoms with Crippen LogP contribution in [0.5, 0.6) is 0 Å². The standard InChI is InChI=1S/C13H18F2N2O2S.ClH/c1-13(4-6-16-7-5-13)9-17-20(18,19)12-8-10(14)2-3-11(12)15;/h2-3,8,16-17H,4-7,9H2,1H3;1H. The monoisotopic (exact) mass is 340 g/mol. The maximum Gasteiger partial charge on any atom is 0.243 e. The van der Waals surface area contributed by atoms with Gasteiger partial charge in [0.1, 0.15) is 16.5 Å². The molecule has 1 aliphatic rings. The Kier molecular flexibility index (Phi) is 6.10. The van der Waals surface area contributed by atoms with E-state index in [1.54, 1.807) is 0 Å². The van der Waals surface area contributed by atoms with E-state index < -0.39 is 26.6 Å². The summed E-state index contributed by atoms with van der Waals surface area (Å²) < 4.78 is 53.1. The Labute approximate surface area is 129 Å². The number of piperidine rings is 1. The van der Waals surface area contributed by atoms with Crippen molar-refractivity contribution in [3.63, 3.8) is 0 Å². The minimum Gasteiger partial charge on any atom is -0.317 e. The molecule has 1 aliphatic heterocycles. The van der Waals surface area contributed by atoms with Crippen molar-refractivity contribution < 1.29 is 17.2 Å². The SMILES string of the molecule is CC1(CNS(=O)(=O)c2cc(F)ccc2F)CCNCC1.Cl. The average Bonchev–Trinajstić information content (AvgIpc) is 2.40. The topological polar surface area (TPSA) is 58.2 Å². The summed E-state index contributed by atoms with van der Waals surface area (Å²) in [6.07, 6.45) is 1.67. The number of halogens is 3. The number of hydrogen-bond donors (Lipinski definition) is 2. The minimum atomic E-state index is -4.04. The van der Waals surface area contributed by atoms with Crippen molar-refractivity contribution in [2.75, 3.05) is 19.6 Å². The lowest BCUT2D eigenvalue weighted by Gasteiger charge is -2.34. The Morgan fingerprint density at radius 1 is 1.29 bits per heavy atom. The van der Waals surface area contributed by atoms with Gasteiger partial charge in [0.2, 0.25) is 10.0 Å². The molecule has 1 heterocycles. The van der Waals surface area contributed by atoms with Crippen molar-refractivity contribution in [2.45, 2.75) is 24.7 Å². The third-order valence-electron chi connectivity index (χ3n) is 3.68. The molecule has 8 heteroatoms. The Balaban J connectivity index is 0.00000220. The summed E-state index contributed by atoms with van der Waals surface area (Å²) in [7, 11) is -4.04. The van der Waals surface area contributed by atoms with Crippen LogP contribution in [0, 0.1) is 17.0 Å². The van der Waals surface area contributed by atoms with Crippen molar-refractivity contribution in [3.05, 3.63) is 29.8 Å². The van der Waals surface area contributed by atoms with Gasteiger partial charge in [0.05, 0.1) is 0 Å². The zero-order chi connectivity index (χ0) is 14.8. The van der Waals surface area contributed by atoms with Gasteiger partial charge in [0.25, 0.3) is 0 Å². The molecule has 0 unspecified atom stereocenters. The molecule has 0 bridgehead atoms. The minimum absolute atomic E-state index is 0. The van der Waals surface area contributed by atoms with Gasteiger partial charge in [-0.05, 0) is 49.5 Å². The van der Waals surface area contributed by atoms with Gasteiger partial charge >= 0.3 is 0 Å². The first kappa shape index (κ1) is 18.3. The number of rotatable bonds is 4. The quantitative estimate of drug-likeness (QED) is 0.882. The highest BCUT2D eigenvalue weighted by Gasteiger charge is 2.29. The normalized spacial score (nSPS) is 18.0. The van der Waals surface area contributed by atoms with Crippen LogP contribution < -0.4 is 10.0 Å². The number of hydrogen-bond acceptors (Lipinski definition) is 3. The molecule has 0 saturated carbocycles. The molecule has 1 aromatic carbocycles. The zero-order valence-corrected chi connectivity index (χ0v) is 13.3. The van der Waals surface area contributed by atoms with Gasteiger partial charge in [-0.25, -0.2) is 21.9 Å². The Bertz CT molecular complexity index is 590. The number of nitrogens with one attached hydrogen (secondary N) is 2. The van der Waals surface area contributed by atoms with Crippen molar-refractivity contribution in [1.82, 2.24) is 10.0 Å². The van der Waals surface area contributed by atoms with E-state index in [2.05, 4.69) is 10.0 Å². The van der Waals surface area contributed by atoms with Crippen LogP contribution >= 0.6 is 12.4 Å². The number of sulfonamides is 1. The third kappa shape index (κ3) is 4.60. The van der Waals surface area contributed by atoms with Crippen LogP contribution in [0.3, 0.4) is 0 Å². The van der Waals surface area contributed by atoms with Crippen LogP contribution in [-0.4, -0.2) is 28.1 Å². The summed E-state index contributed by atoms with van der Waals surface area (Å²) in [6, 6.07) is 2.40. The Hall–Kier alpha value is -0.760. The van der Waals surface area contributed by atoms with E-state index >= 15 is 0 Å². The Morgan fingerprint density at radius 2 is 1.90 bits per heavy atom. The maximum absolute atomic E-state index is 13.5. The molecular weight excluding hydrogens is 322 g/mol. The van der Waals surface area contributed by atoms with E-state index in [0.29, 0.717) is 6.07 Å². The van der Waals surface area contributed by atoms with E-state index in [0.717, 1.165) is 38.1 Å². The summed E-state index contributed by atoms with van der Waals surface area (Å²) in [5, 5.41) is 3.20. The highest BCUT2D eigenvalue weighted by atomic mass is 35.5. The van der Waals surface area contributed by atoms with Crippen molar-refractivity contribution >= 4 is 22.4 Å². The van der Waals surface area contributed by atoms with Gasteiger partial charge in [0.15, 0.2) is 0 Å². The molecule has 0 spiro atoms. The molecule has 1 fully saturated rings. The van der Waals surface area contributed by atoms with Gasteiger partial charge in [-0.15, -0.1) is 12.4 Å². The lowest BCUT2D eigenvalue weighted by atomic mass is 9.81. The molecule has 4 nitrogen and oxygen atoms in total. The summed E-state index contributed by atoms with van der Waals surface area (Å²) in [6.45, 7) is 3.85. The van der Waals surface area contributed by atoms with Gasteiger partial charge in [-0.2, -0.15) is 0 Å². The molecular formula is C13H19ClF2N2O2S. The van der Waals surface area contributed by atoms with Crippen LogP contribution in [-0.2, 0) is 10.0 Å². The van der Waals surface area contributed by atoms with Crippen molar-refractivity contribution in [3.8, 4) is 0 Å². The first-order valence-corrected chi connectivity index (χ1v) is 7.96. The fourth-order valence-electron chi connectivity index (χ4n) is 2.24. The molecule has 21 heavy (non-hydrogen) atoms. The van der Waals surface area contributed by atoms with Gasteiger partial charge < -0.3 is 5.32 Å². The second kappa shape index (κ2) is 7.00. The van der Waals surface area contributed by atoms with Crippen molar-refractivity contribution in [2.24, 2.45) is 5.41 Å². The Morgan fingerprint density at radius 3 is 2.52 bits per heavy atom. The number of benzene rings is 1. The summed E-state index contributed by atoms with van der Waals surface area (Å²) in [4.78, 5) is -0.643. The van der Waals surface area contributed by atoms with E-state index in [1.165, 1.54) is 0 Å². The van der Waals surface area contributed by atoms with Gasteiger partial charge in [-0.1, -0.05) is 6.92 Å². The highest BCUT2D eigenvalue weighted by Crippen LogP contribution is 2.27. The average molecular weight is 341 g/mol. The van der Waals surface area contributed by atoms with E-state index in [9.17, 15) is 17.2 Å². The van der Waals surface area contributed by atoms with E-state index in [4.69, 9.17) is 0 Å². The molecule has 2 rings (SSSR count). The lowest BCUT2D eigenvalue weighted by molar-refractivity contribution is 0.232. The smallest absolute Gasteiger partial charge is 0.243 e. The predicted octanol–water partition coefficient (Wildman–Crippen LogP) is 2.05. The van der Waals surface area contributed by atoms with Crippen LogP contribution in [0.1, 0.15) is 19.8 Å². The highest BCUT2D eigenvalue weighted by molar-refractivity contribution is 7.89. The fourth-order valence-corrected chi connectivity index (χ4v) is 3.52. The third-order valence-corrected chi connectivity index (χ3v) is 5.10. The van der Waals surface area contributed by atoms with Crippen molar-refractivity contribution in [1.29, 1.82) is 0 Å². The molecule has 0 aromatic heterocycles. The second-order valence-electron chi connectivity index (χ2n) is 5.46. The van der Waals surface area contributed by atoms with Gasteiger partial charge in [0, 0.05) is 6.54 Å². The summed E-state index contributed by atoms with van der Waals surface area (Å²) in [5.74, 6) is -1.73. The van der Waals surface area contributed by atoms with Crippen LogP contribution in [0.25, 0.3) is 0 Å². The predicted molar refractivity (Wildman–Crippen MR) is 79.0 cm³/mol. The summed E-state index contributed by atoms with van der Waals surface area (Å²) in [5.41, 5.74) is -0.165. The molecule has 0 aliphatic carbocycles. The second-order valence-corrected chi connectivity index (χ2v) is 7.20. The molecule has 0 amide bonds. The van der Waals surface area contributed by atoms with E-state index in [-0.39, 0.29) is 24.4 Å². The molecule has 0 atom stereocenters. The summed E-state index contributed by atoms with van der Waals surface area (Å²) >= 11 is 0. The first-order chi connectivity index (χ1) is 9.32. The van der Waals surface area contributed by atoms with Gasteiger partial charge in [-0.3, -0.25) is 0 Å². The molecule has 120 valence electrons. The first-order valence-electron chi connectivity index (χ1n) is 6.48. The molecule has 2 N–H and O–H groups in total. The molecule has 1 saturated heterocycles. The fraction of sp³-hybridized carbons (Fsp3) is 0.538. The van der Waals surface area contributed by atoms with Crippen LogP contribution in [0.2, 0.25) is 0 Å². The van der Waals surface area contributed by atoms with E-state index in [1.807, 2.05) is 6.92 Å². The largest absolute Gasteiger partial charge is 0.317 e. The lowest BCUT2D eigenvalue weighted by Crippen LogP contribution is -2.43. The van der Waals surface area contributed by atoms with Crippen LogP contribution in [0.15, 0.2) is 23.1 Å². The zero-order valence-electron chi connectivity index (χ0n) is 11.7.